The number of hydrogen-bond acceptors (Lipinski definition) is 4. The van der Waals surface area contributed by atoms with Gasteiger partial charge in [0.25, 0.3) is 0 Å². The number of ether oxygens (including phenoxy) is 2. The summed E-state index contributed by atoms with van der Waals surface area (Å²) >= 11 is 0. The predicted octanol–water partition coefficient (Wildman–Crippen LogP) is 2.54. The summed E-state index contributed by atoms with van der Waals surface area (Å²) in [5, 5.41) is 9.30. The van der Waals surface area contributed by atoms with Crippen LogP contribution in [0.2, 0.25) is 0 Å². The molecule has 4 heteroatoms. The SMILES string of the molecule is CCOc1ccc(OCC)c(C(C)CC(CN)CO)c1. The third-order valence-electron chi connectivity index (χ3n) is 3.40. The molecule has 1 rings (SSSR count). The molecule has 0 aromatic heterocycles. The molecule has 4 nitrogen and oxygen atoms in total. The summed E-state index contributed by atoms with van der Waals surface area (Å²) in [6.07, 6.45) is 0.836. The van der Waals surface area contributed by atoms with Crippen LogP contribution in [0.3, 0.4) is 0 Å². The lowest BCUT2D eigenvalue weighted by Gasteiger charge is -2.21. The Hall–Kier alpha value is -1.26. The van der Waals surface area contributed by atoms with Gasteiger partial charge in [0, 0.05) is 12.2 Å². The van der Waals surface area contributed by atoms with Crippen LogP contribution in [0.1, 0.15) is 38.7 Å². The topological polar surface area (TPSA) is 64.7 Å². The highest BCUT2D eigenvalue weighted by molar-refractivity contribution is 5.42. The molecule has 0 bridgehead atoms. The fraction of sp³-hybridized carbons (Fsp3) is 0.625. The molecule has 3 N–H and O–H groups in total. The van der Waals surface area contributed by atoms with Crippen molar-refractivity contribution in [3.63, 3.8) is 0 Å². The minimum absolute atomic E-state index is 0.121. The molecule has 0 amide bonds. The molecule has 20 heavy (non-hydrogen) atoms. The van der Waals surface area contributed by atoms with Gasteiger partial charge in [-0.1, -0.05) is 6.92 Å². The van der Waals surface area contributed by atoms with E-state index >= 15 is 0 Å². The first-order valence-corrected chi connectivity index (χ1v) is 7.36. The van der Waals surface area contributed by atoms with Gasteiger partial charge in [-0.05, 0) is 56.8 Å². The van der Waals surface area contributed by atoms with E-state index in [4.69, 9.17) is 15.2 Å². The highest BCUT2D eigenvalue weighted by Crippen LogP contribution is 2.34. The second kappa shape index (κ2) is 8.82. The van der Waals surface area contributed by atoms with Crippen molar-refractivity contribution in [3.05, 3.63) is 23.8 Å². The van der Waals surface area contributed by atoms with Gasteiger partial charge >= 0.3 is 0 Å². The van der Waals surface area contributed by atoms with Gasteiger partial charge in [-0.3, -0.25) is 0 Å². The Morgan fingerprint density at radius 2 is 1.90 bits per heavy atom. The summed E-state index contributed by atoms with van der Waals surface area (Å²) in [5.41, 5.74) is 6.78. The Bertz CT molecular complexity index is 391. The molecule has 0 aliphatic carbocycles. The fourth-order valence-electron chi connectivity index (χ4n) is 2.33. The number of benzene rings is 1. The lowest BCUT2D eigenvalue weighted by atomic mass is 9.90. The third-order valence-corrected chi connectivity index (χ3v) is 3.40. The number of aliphatic hydroxyl groups excluding tert-OH is 1. The summed E-state index contributed by atoms with van der Waals surface area (Å²) in [5.74, 6) is 2.12. The Morgan fingerprint density at radius 1 is 1.20 bits per heavy atom. The molecule has 0 spiro atoms. The first kappa shape index (κ1) is 16.8. The molecule has 0 aliphatic heterocycles. The lowest BCUT2D eigenvalue weighted by molar-refractivity contribution is 0.216. The van der Waals surface area contributed by atoms with Crippen LogP contribution in [0.5, 0.6) is 11.5 Å². The molecule has 2 atom stereocenters. The molecule has 114 valence electrons. The zero-order valence-electron chi connectivity index (χ0n) is 12.8. The predicted molar refractivity (Wildman–Crippen MR) is 81.4 cm³/mol. The average molecular weight is 281 g/mol. The van der Waals surface area contributed by atoms with Crippen molar-refractivity contribution in [3.8, 4) is 11.5 Å². The molecule has 0 saturated heterocycles. The van der Waals surface area contributed by atoms with Crippen molar-refractivity contribution in [1.29, 1.82) is 0 Å². The average Bonchev–Trinajstić information content (AvgIpc) is 2.46. The van der Waals surface area contributed by atoms with Crippen LogP contribution in [0.15, 0.2) is 18.2 Å². The van der Waals surface area contributed by atoms with E-state index in [-0.39, 0.29) is 18.4 Å². The van der Waals surface area contributed by atoms with E-state index in [1.54, 1.807) is 0 Å². The van der Waals surface area contributed by atoms with Crippen molar-refractivity contribution >= 4 is 0 Å². The summed E-state index contributed by atoms with van der Waals surface area (Å²) in [6, 6.07) is 5.91. The molecular weight excluding hydrogens is 254 g/mol. The second-order valence-corrected chi connectivity index (χ2v) is 4.99. The van der Waals surface area contributed by atoms with Crippen LogP contribution >= 0.6 is 0 Å². The van der Waals surface area contributed by atoms with Crippen LogP contribution in [0.4, 0.5) is 0 Å². The molecule has 1 aromatic rings. The maximum absolute atomic E-state index is 9.30. The van der Waals surface area contributed by atoms with Crippen molar-refractivity contribution in [2.75, 3.05) is 26.4 Å². The zero-order chi connectivity index (χ0) is 15.0. The maximum Gasteiger partial charge on any atom is 0.123 e. The van der Waals surface area contributed by atoms with Gasteiger partial charge in [0.15, 0.2) is 0 Å². The summed E-state index contributed by atoms with van der Waals surface area (Å²) in [4.78, 5) is 0. The van der Waals surface area contributed by atoms with Gasteiger partial charge in [-0.15, -0.1) is 0 Å². The Morgan fingerprint density at radius 3 is 2.45 bits per heavy atom. The Kier molecular flexibility index (Phi) is 7.41. The molecule has 1 aromatic carbocycles. The van der Waals surface area contributed by atoms with E-state index in [1.807, 2.05) is 32.0 Å². The van der Waals surface area contributed by atoms with Crippen molar-refractivity contribution in [1.82, 2.24) is 0 Å². The van der Waals surface area contributed by atoms with E-state index in [9.17, 15) is 5.11 Å². The largest absolute Gasteiger partial charge is 0.494 e. The molecule has 0 radical (unpaired) electrons. The van der Waals surface area contributed by atoms with E-state index in [1.165, 1.54) is 0 Å². The first-order chi connectivity index (χ1) is 9.65. The smallest absolute Gasteiger partial charge is 0.123 e. The summed E-state index contributed by atoms with van der Waals surface area (Å²) in [6.45, 7) is 7.97. The van der Waals surface area contributed by atoms with Gasteiger partial charge in [0.2, 0.25) is 0 Å². The number of nitrogens with two attached hydrogens (primary N) is 1. The van der Waals surface area contributed by atoms with Crippen LogP contribution in [0.25, 0.3) is 0 Å². The van der Waals surface area contributed by atoms with Gasteiger partial charge in [-0.2, -0.15) is 0 Å². The normalized spacial score (nSPS) is 13.8. The van der Waals surface area contributed by atoms with Crippen LogP contribution in [-0.4, -0.2) is 31.5 Å². The Balaban J connectivity index is 2.94. The molecular formula is C16H27NO3. The van der Waals surface area contributed by atoms with E-state index < -0.39 is 0 Å². The molecule has 2 unspecified atom stereocenters. The summed E-state index contributed by atoms with van der Waals surface area (Å²) in [7, 11) is 0. The van der Waals surface area contributed by atoms with Gasteiger partial charge < -0.3 is 20.3 Å². The van der Waals surface area contributed by atoms with Crippen molar-refractivity contribution in [2.24, 2.45) is 11.7 Å². The summed E-state index contributed by atoms with van der Waals surface area (Å²) < 4.78 is 11.2. The standard InChI is InChI=1S/C16H27NO3/c1-4-19-14-6-7-16(20-5-2)15(9-14)12(3)8-13(10-17)11-18/h6-7,9,12-13,18H,4-5,8,10-11,17H2,1-3H3. The number of aliphatic hydroxyl groups is 1. The maximum atomic E-state index is 9.30. The molecule has 0 heterocycles. The fourth-order valence-corrected chi connectivity index (χ4v) is 2.33. The van der Waals surface area contributed by atoms with Crippen LogP contribution < -0.4 is 15.2 Å². The second-order valence-electron chi connectivity index (χ2n) is 4.99. The third kappa shape index (κ3) is 4.69. The molecule has 0 fully saturated rings. The van der Waals surface area contributed by atoms with Gasteiger partial charge in [-0.25, -0.2) is 0 Å². The number of hydrogen-bond donors (Lipinski definition) is 2. The van der Waals surface area contributed by atoms with Crippen molar-refractivity contribution < 1.29 is 14.6 Å². The van der Waals surface area contributed by atoms with E-state index in [0.29, 0.717) is 19.8 Å². The molecule has 0 aliphatic rings. The minimum atomic E-state index is 0.121. The Labute approximate surface area is 121 Å². The van der Waals surface area contributed by atoms with Crippen LogP contribution in [-0.2, 0) is 0 Å². The minimum Gasteiger partial charge on any atom is -0.494 e. The zero-order valence-corrected chi connectivity index (χ0v) is 12.8. The quantitative estimate of drug-likeness (QED) is 0.730. The molecule has 0 saturated carbocycles. The highest BCUT2D eigenvalue weighted by atomic mass is 16.5. The first-order valence-electron chi connectivity index (χ1n) is 7.36. The van der Waals surface area contributed by atoms with E-state index in [2.05, 4.69) is 6.92 Å². The van der Waals surface area contributed by atoms with Crippen molar-refractivity contribution in [2.45, 2.75) is 33.1 Å². The highest BCUT2D eigenvalue weighted by Gasteiger charge is 2.17. The van der Waals surface area contributed by atoms with Gasteiger partial charge in [0.1, 0.15) is 11.5 Å². The van der Waals surface area contributed by atoms with Gasteiger partial charge in [0.05, 0.1) is 13.2 Å². The monoisotopic (exact) mass is 281 g/mol. The number of rotatable bonds is 9. The lowest BCUT2D eigenvalue weighted by Crippen LogP contribution is -2.20. The van der Waals surface area contributed by atoms with E-state index in [0.717, 1.165) is 23.5 Å². The van der Waals surface area contributed by atoms with Crippen LogP contribution in [0, 0.1) is 5.92 Å².